The molecular weight excluding hydrogens is 260 g/mol. The molecule has 0 radical (unpaired) electrons. The second-order valence-corrected chi connectivity index (χ2v) is 5.36. The molecule has 0 aliphatic rings. The van der Waals surface area contributed by atoms with E-state index in [1.54, 1.807) is 30.3 Å². The highest BCUT2D eigenvalue weighted by Crippen LogP contribution is 2.23. The maximum Gasteiger partial charge on any atom is 0.263 e. The highest BCUT2D eigenvalue weighted by Gasteiger charge is 2.15. The largest absolute Gasteiger partial charge is 0.278 e. The molecule has 0 bridgehead atoms. The van der Waals surface area contributed by atoms with Gasteiger partial charge in [0.25, 0.3) is 10.0 Å². The van der Waals surface area contributed by atoms with Gasteiger partial charge in [0, 0.05) is 12.4 Å². The van der Waals surface area contributed by atoms with E-state index in [4.69, 9.17) is 11.6 Å². The van der Waals surface area contributed by atoms with Crippen molar-refractivity contribution in [3.8, 4) is 0 Å². The van der Waals surface area contributed by atoms with E-state index in [9.17, 15) is 8.42 Å². The van der Waals surface area contributed by atoms with Crippen LogP contribution in [-0.2, 0) is 10.0 Å². The molecule has 0 unspecified atom stereocenters. The van der Waals surface area contributed by atoms with E-state index < -0.39 is 10.0 Å². The third kappa shape index (κ3) is 2.75. The lowest BCUT2D eigenvalue weighted by molar-refractivity contribution is 0.601. The maximum absolute atomic E-state index is 11.9. The summed E-state index contributed by atoms with van der Waals surface area (Å²) in [4.78, 5) is 3.86. The summed E-state index contributed by atoms with van der Waals surface area (Å²) in [6.07, 6.45) is 2.79. The van der Waals surface area contributed by atoms with E-state index >= 15 is 0 Å². The Morgan fingerprint density at radius 2 is 1.88 bits per heavy atom. The Kier molecular flexibility index (Phi) is 3.31. The van der Waals surface area contributed by atoms with Crippen molar-refractivity contribution in [2.75, 3.05) is 4.72 Å². The molecule has 0 amide bonds. The van der Waals surface area contributed by atoms with Gasteiger partial charge in [-0.05, 0) is 24.3 Å². The number of benzene rings is 1. The van der Waals surface area contributed by atoms with Crippen molar-refractivity contribution in [3.05, 3.63) is 53.8 Å². The van der Waals surface area contributed by atoms with Gasteiger partial charge < -0.3 is 0 Å². The van der Waals surface area contributed by atoms with Gasteiger partial charge in [0.2, 0.25) is 0 Å². The quantitative estimate of drug-likeness (QED) is 0.931. The van der Waals surface area contributed by atoms with Crippen LogP contribution in [0.25, 0.3) is 0 Å². The number of anilines is 1. The van der Waals surface area contributed by atoms with E-state index in [1.807, 2.05) is 0 Å². The number of para-hydroxylation sites is 1. The summed E-state index contributed by atoms with van der Waals surface area (Å²) in [5, 5.41) is 0.347. The second kappa shape index (κ2) is 4.73. The number of pyridine rings is 1. The minimum atomic E-state index is -3.63. The molecule has 6 heteroatoms. The molecule has 1 aromatic carbocycles. The molecule has 88 valence electrons. The Morgan fingerprint density at radius 1 is 1.12 bits per heavy atom. The van der Waals surface area contributed by atoms with Crippen LogP contribution in [-0.4, -0.2) is 13.4 Å². The Morgan fingerprint density at radius 3 is 2.53 bits per heavy atom. The monoisotopic (exact) mass is 268 g/mol. The van der Waals surface area contributed by atoms with Crippen LogP contribution in [0.2, 0.25) is 5.02 Å². The molecule has 2 aromatic rings. The third-order valence-corrected chi connectivity index (χ3v) is 3.74. The fraction of sp³-hybridized carbons (Fsp3) is 0. The Labute approximate surface area is 104 Å². The summed E-state index contributed by atoms with van der Waals surface area (Å²) in [6, 6.07) is 9.66. The zero-order chi connectivity index (χ0) is 12.3. The van der Waals surface area contributed by atoms with Crippen LogP contribution in [0.15, 0.2) is 53.7 Å². The molecule has 0 aliphatic heterocycles. The number of sulfonamides is 1. The number of halogens is 1. The number of nitrogens with one attached hydrogen (secondary N) is 1. The van der Waals surface area contributed by atoms with Gasteiger partial charge in [-0.15, -0.1) is 0 Å². The van der Waals surface area contributed by atoms with Crippen molar-refractivity contribution in [1.82, 2.24) is 4.98 Å². The first-order valence-corrected chi connectivity index (χ1v) is 6.63. The fourth-order valence-corrected chi connectivity index (χ4v) is 2.54. The van der Waals surface area contributed by atoms with Gasteiger partial charge in [0.1, 0.15) is 4.90 Å². The molecular formula is C11H9ClN2O2S. The van der Waals surface area contributed by atoms with Crippen molar-refractivity contribution in [2.24, 2.45) is 0 Å². The zero-order valence-corrected chi connectivity index (χ0v) is 10.2. The van der Waals surface area contributed by atoms with Crippen LogP contribution in [0.5, 0.6) is 0 Å². The topological polar surface area (TPSA) is 59.1 Å². The summed E-state index contributed by atoms with van der Waals surface area (Å²) >= 11 is 5.88. The van der Waals surface area contributed by atoms with Gasteiger partial charge in [-0.3, -0.25) is 9.71 Å². The lowest BCUT2D eigenvalue weighted by Crippen LogP contribution is -2.13. The molecule has 0 fully saturated rings. The van der Waals surface area contributed by atoms with Crippen LogP contribution in [0.4, 0.5) is 5.69 Å². The van der Waals surface area contributed by atoms with E-state index in [1.165, 1.54) is 18.5 Å². The molecule has 0 saturated carbocycles. The molecule has 1 aromatic heterocycles. The first-order valence-electron chi connectivity index (χ1n) is 4.77. The Bertz CT molecular complexity index is 614. The summed E-state index contributed by atoms with van der Waals surface area (Å²) < 4.78 is 26.3. The third-order valence-electron chi connectivity index (χ3n) is 2.06. The summed E-state index contributed by atoms with van der Waals surface area (Å²) in [7, 11) is -3.63. The summed E-state index contributed by atoms with van der Waals surface area (Å²) in [6.45, 7) is 0. The predicted molar refractivity (Wildman–Crippen MR) is 66.5 cm³/mol. The number of nitrogens with zero attached hydrogens (tertiary/aromatic N) is 1. The second-order valence-electron chi connectivity index (χ2n) is 3.27. The molecule has 1 N–H and O–H groups in total. The van der Waals surface area contributed by atoms with Crippen LogP contribution >= 0.6 is 11.6 Å². The van der Waals surface area contributed by atoms with E-state index in [-0.39, 0.29) is 4.90 Å². The standard InChI is InChI=1S/C11H9ClN2O2S/c12-10-5-1-2-6-11(10)14-17(15,16)9-4-3-7-13-8-9/h1-8,14H. The summed E-state index contributed by atoms with van der Waals surface area (Å²) in [5.41, 5.74) is 0.345. The lowest BCUT2D eigenvalue weighted by Gasteiger charge is -2.08. The van der Waals surface area contributed by atoms with Crippen LogP contribution in [0, 0.1) is 0 Å². The van der Waals surface area contributed by atoms with Crippen molar-refractivity contribution in [3.63, 3.8) is 0 Å². The maximum atomic E-state index is 11.9. The van der Waals surface area contributed by atoms with Crippen molar-refractivity contribution >= 4 is 27.3 Å². The fourth-order valence-electron chi connectivity index (χ4n) is 1.25. The van der Waals surface area contributed by atoms with Crippen molar-refractivity contribution in [2.45, 2.75) is 4.90 Å². The highest BCUT2D eigenvalue weighted by atomic mass is 35.5. The van der Waals surface area contributed by atoms with Gasteiger partial charge in [-0.25, -0.2) is 8.42 Å². The Hall–Kier alpha value is -1.59. The molecule has 0 saturated heterocycles. The van der Waals surface area contributed by atoms with Gasteiger partial charge in [-0.2, -0.15) is 0 Å². The molecule has 1 heterocycles. The van der Waals surface area contributed by atoms with E-state index in [0.29, 0.717) is 10.7 Å². The Balaban J connectivity index is 2.34. The van der Waals surface area contributed by atoms with Gasteiger partial charge in [-0.1, -0.05) is 23.7 Å². The highest BCUT2D eigenvalue weighted by molar-refractivity contribution is 7.92. The van der Waals surface area contributed by atoms with Crippen LogP contribution < -0.4 is 4.72 Å². The minimum Gasteiger partial charge on any atom is -0.278 e. The number of aromatic nitrogens is 1. The zero-order valence-electron chi connectivity index (χ0n) is 8.67. The molecule has 0 atom stereocenters. The van der Waals surface area contributed by atoms with Crippen molar-refractivity contribution < 1.29 is 8.42 Å². The molecule has 17 heavy (non-hydrogen) atoms. The predicted octanol–water partition coefficient (Wildman–Crippen LogP) is 2.54. The van der Waals surface area contributed by atoms with Gasteiger partial charge >= 0.3 is 0 Å². The van der Waals surface area contributed by atoms with Gasteiger partial charge in [0.05, 0.1) is 10.7 Å². The molecule has 0 aliphatic carbocycles. The van der Waals surface area contributed by atoms with Gasteiger partial charge in [0.15, 0.2) is 0 Å². The number of hydrogen-bond donors (Lipinski definition) is 1. The van der Waals surface area contributed by atoms with Crippen LogP contribution in [0.1, 0.15) is 0 Å². The molecule has 2 rings (SSSR count). The summed E-state index contributed by atoms with van der Waals surface area (Å²) in [5.74, 6) is 0. The molecule has 4 nitrogen and oxygen atoms in total. The lowest BCUT2D eigenvalue weighted by atomic mass is 10.3. The minimum absolute atomic E-state index is 0.0971. The number of hydrogen-bond acceptors (Lipinski definition) is 3. The normalized spacial score (nSPS) is 11.1. The smallest absolute Gasteiger partial charge is 0.263 e. The van der Waals surface area contributed by atoms with E-state index in [0.717, 1.165) is 0 Å². The first-order chi connectivity index (χ1) is 8.09. The SMILES string of the molecule is O=S(=O)(Nc1ccccc1Cl)c1cccnc1. The average Bonchev–Trinajstić information content (AvgIpc) is 2.33. The average molecular weight is 269 g/mol. The van der Waals surface area contributed by atoms with Crippen LogP contribution in [0.3, 0.4) is 0 Å². The number of rotatable bonds is 3. The van der Waals surface area contributed by atoms with E-state index in [2.05, 4.69) is 9.71 Å². The first kappa shape index (κ1) is 11.9. The van der Waals surface area contributed by atoms with Crippen molar-refractivity contribution in [1.29, 1.82) is 0 Å². The molecule has 0 spiro atoms.